The Morgan fingerprint density at radius 3 is 2.68 bits per heavy atom. The van der Waals surface area contributed by atoms with Crippen LogP contribution in [0.5, 0.6) is 11.5 Å². The van der Waals surface area contributed by atoms with Crippen LogP contribution in [0.3, 0.4) is 0 Å². The van der Waals surface area contributed by atoms with Crippen molar-refractivity contribution in [3.63, 3.8) is 0 Å². The summed E-state index contributed by atoms with van der Waals surface area (Å²) in [5.41, 5.74) is 0.450. The Kier molecular flexibility index (Phi) is 5.25. The molecular formula is C14H20N2O5S. The minimum Gasteiger partial charge on any atom is -0.454 e. The molecule has 0 aromatic heterocycles. The van der Waals surface area contributed by atoms with Gasteiger partial charge in [0.1, 0.15) is 0 Å². The lowest BCUT2D eigenvalue weighted by Crippen LogP contribution is -2.38. The Bertz CT molecular complexity index is 645. The summed E-state index contributed by atoms with van der Waals surface area (Å²) in [7, 11) is -3.25. The van der Waals surface area contributed by atoms with E-state index in [2.05, 4.69) is 5.32 Å². The van der Waals surface area contributed by atoms with Crippen molar-refractivity contribution in [3.05, 3.63) is 23.8 Å². The molecule has 0 atom stereocenters. The molecule has 8 heteroatoms. The largest absolute Gasteiger partial charge is 0.454 e. The molecule has 22 heavy (non-hydrogen) atoms. The zero-order valence-electron chi connectivity index (χ0n) is 12.7. The molecule has 0 radical (unpaired) electrons. The number of nitrogens with zero attached hydrogens (tertiary/aromatic N) is 1. The average Bonchev–Trinajstić information content (AvgIpc) is 2.92. The van der Waals surface area contributed by atoms with Crippen LogP contribution in [0.1, 0.15) is 23.7 Å². The first-order valence-corrected chi connectivity index (χ1v) is 8.89. The number of carbonyl (C=O) groups is 1. The summed E-state index contributed by atoms with van der Waals surface area (Å²) in [6, 6.07) is 4.93. The highest BCUT2D eigenvalue weighted by Crippen LogP contribution is 2.32. The summed E-state index contributed by atoms with van der Waals surface area (Å²) in [4.78, 5) is 12.1. The summed E-state index contributed by atoms with van der Waals surface area (Å²) < 4.78 is 34.9. The van der Waals surface area contributed by atoms with Gasteiger partial charge in [0.25, 0.3) is 5.91 Å². The van der Waals surface area contributed by atoms with Crippen molar-refractivity contribution < 1.29 is 22.7 Å². The predicted molar refractivity (Wildman–Crippen MR) is 81.6 cm³/mol. The number of benzene rings is 1. The second-order valence-electron chi connectivity index (χ2n) is 4.99. The number of nitrogens with one attached hydrogen (secondary N) is 1. The van der Waals surface area contributed by atoms with Crippen LogP contribution in [0.2, 0.25) is 0 Å². The van der Waals surface area contributed by atoms with E-state index < -0.39 is 10.0 Å². The number of hydrogen-bond acceptors (Lipinski definition) is 5. The highest BCUT2D eigenvalue weighted by molar-refractivity contribution is 7.88. The molecule has 1 N–H and O–H groups in total. The summed E-state index contributed by atoms with van der Waals surface area (Å²) in [5.74, 6) is 0.877. The van der Waals surface area contributed by atoms with Crippen LogP contribution in [-0.2, 0) is 10.0 Å². The number of fused-ring (bicyclic) bond motifs is 1. The second-order valence-corrected chi connectivity index (χ2v) is 6.97. The molecule has 0 fully saturated rings. The Hall–Kier alpha value is -1.80. The molecule has 122 valence electrons. The van der Waals surface area contributed by atoms with Gasteiger partial charge in [0.2, 0.25) is 16.8 Å². The number of hydrogen-bond donors (Lipinski definition) is 1. The van der Waals surface area contributed by atoms with Gasteiger partial charge in [0.15, 0.2) is 11.5 Å². The molecule has 1 aromatic carbocycles. The lowest BCUT2D eigenvalue weighted by molar-refractivity contribution is 0.0951. The van der Waals surface area contributed by atoms with Gasteiger partial charge in [0, 0.05) is 25.2 Å². The monoisotopic (exact) mass is 328 g/mol. The number of rotatable bonds is 7. The van der Waals surface area contributed by atoms with Crippen LogP contribution in [0.4, 0.5) is 0 Å². The van der Waals surface area contributed by atoms with Crippen molar-refractivity contribution in [1.82, 2.24) is 9.62 Å². The van der Waals surface area contributed by atoms with Crippen molar-refractivity contribution in [2.45, 2.75) is 13.3 Å². The van der Waals surface area contributed by atoms with Gasteiger partial charge in [-0.3, -0.25) is 4.79 Å². The van der Waals surface area contributed by atoms with Crippen molar-refractivity contribution in [1.29, 1.82) is 0 Å². The normalized spacial score (nSPS) is 13.4. The van der Waals surface area contributed by atoms with Gasteiger partial charge >= 0.3 is 0 Å². The molecule has 1 aliphatic rings. The van der Waals surface area contributed by atoms with Crippen LogP contribution >= 0.6 is 0 Å². The van der Waals surface area contributed by atoms with E-state index in [1.165, 1.54) is 10.6 Å². The van der Waals surface area contributed by atoms with E-state index in [1.807, 2.05) is 6.92 Å². The van der Waals surface area contributed by atoms with Gasteiger partial charge in [-0.05, 0) is 24.6 Å². The van der Waals surface area contributed by atoms with Gasteiger partial charge in [-0.15, -0.1) is 0 Å². The van der Waals surface area contributed by atoms with Crippen molar-refractivity contribution in [3.8, 4) is 11.5 Å². The fourth-order valence-electron chi connectivity index (χ4n) is 2.13. The molecule has 1 aliphatic heterocycles. The standard InChI is InChI=1S/C14H20N2O5S/c1-3-7-16(22(2,18)19)8-6-15-14(17)11-4-5-12-13(9-11)21-10-20-12/h4-5,9H,3,6-8,10H2,1-2H3,(H,15,17). The summed E-state index contributed by atoms with van der Waals surface area (Å²) in [5, 5.41) is 2.71. The first-order valence-electron chi connectivity index (χ1n) is 7.05. The number of amides is 1. The van der Waals surface area contributed by atoms with Crippen LogP contribution in [0, 0.1) is 0 Å². The van der Waals surface area contributed by atoms with Gasteiger partial charge in [-0.2, -0.15) is 0 Å². The first-order chi connectivity index (χ1) is 10.4. The van der Waals surface area contributed by atoms with E-state index in [0.717, 1.165) is 6.42 Å². The van der Waals surface area contributed by atoms with E-state index in [1.54, 1.807) is 18.2 Å². The number of ether oxygens (including phenoxy) is 2. The fourth-order valence-corrected chi connectivity index (χ4v) is 3.06. The molecule has 0 saturated heterocycles. The Morgan fingerprint density at radius 2 is 2.00 bits per heavy atom. The van der Waals surface area contributed by atoms with Crippen LogP contribution in [-0.4, -0.2) is 51.3 Å². The zero-order valence-corrected chi connectivity index (χ0v) is 13.5. The van der Waals surface area contributed by atoms with Gasteiger partial charge in [-0.25, -0.2) is 12.7 Å². The molecule has 0 aliphatic carbocycles. The zero-order chi connectivity index (χ0) is 16.2. The number of sulfonamides is 1. The van der Waals surface area contributed by atoms with E-state index in [9.17, 15) is 13.2 Å². The van der Waals surface area contributed by atoms with Crippen molar-refractivity contribution >= 4 is 15.9 Å². The Labute approximate surface area is 130 Å². The van der Waals surface area contributed by atoms with E-state index in [0.29, 0.717) is 23.6 Å². The molecule has 1 amide bonds. The lowest BCUT2D eigenvalue weighted by Gasteiger charge is -2.19. The molecule has 0 bridgehead atoms. The maximum absolute atomic E-state index is 12.1. The van der Waals surface area contributed by atoms with E-state index in [-0.39, 0.29) is 25.8 Å². The summed E-state index contributed by atoms with van der Waals surface area (Å²) in [6.45, 7) is 3.01. The van der Waals surface area contributed by atoms with Crippen molar-refractivity contribution in [2.75, 3.05) is 32.7 Å². The van der Waals surface area contributed by atoms with E-state index in [4.69, 9.17) is 9.47 Å². The highest BCUT2D eigenvalue weighted by Gasteiger charge is 2.18. The van der Waals surface area contributed by atoms with Crippen LogP contribution in [0.25, 0.3) is 0 Å². The maximum atomic E-state index is 12.1. The van der Waals surface area contributed by atoms with Crippen molar-refractivity contribution in [2.24, 2.45) is 0 Å². The Morgan fingerprint density at radius 1 is 1.27 bits per heavy atom. The van der Waals surface area contributed by atoms with Gasteiger partial charge in [-0.1, -0.05) is 6.92 Å². The predicted octanol–water partition coefficient (Wildman–Crippen LogP) is 0.817. The molecule has 2 rings (SSSR count). The molecule has 0 spiro atoms. The quantitative estimate of drug-likeness (QED) is 0.801. The SMILES string of the molecule is CCCN(CCNC(=O)c1ccc2c(c1)OCO2)S(C)(=O)=O. The first kappa shape index (κ1) is 16.6. The minimum atomic E-state index is -3.25. The molecule has 1 aromatic rings. The summed E-state index contributed by atoms with van der Waals surface area (Å²) >= 11 is 0. The van der Waals surface area contributed by atoms with Gasteiger partial charge < -0.3 is 14.8 Å². The number of carbonyl (C=O) groups excluding carboxylic acids is 1. The van der Waals surface area contributed by atoms with Gasteiger partial charge in [0.05, 0.1) is 6.26 Å². The topological polar surface area (TPSA) is 84.9 Å². The Balaban J connectivity index is 1.90. The molecular weight excluding hydrogens is 308 g/mol. The fraction of sp³-hybridized carbons (Fsp3) is 0.500. The average molecular weight is 328 g/mol. The molecule has 1 heterocycles. The molecule has 7 nitrogen and oxygen atoms in total. The van der Waals surface area contributed by atoms with Crippen LogP contribution < -0.4 is 14.8 Å². The van der Waals surface area contributed by atoms with E-state index >= 15 is 0 Å². The lowest BCUT2D eigenvalue weighted by atomic mass is 10.2. The molecule has 0 unspecified atom stereocenters. The molecule has 0 saturated carbocycles. The summed E-state index contributed by atoms with van der Waals surface area (Å²) in [6.07, 6.45) is 1.89. The second kappa shape index (κ2) is 6.97. The minimum absolute atomic E-state index is 0.154. The maximum Gasteiger partial charge on any atom is 0.251 e. The third kappa shape index (κ3) is 4.11. The third-order valence-electron chi connectivity index (χ3n) is 3.22. The third-order valence-corrected chi connectivity index (χ3v) is 4.53. The van der Waals surface area contributed by atoms with Crippen LogP contribution in [0.15, 0.2) is 18.2 Å². The highest BCUT2D eigenvalue weighted by atomic mass is 32.2. The smallest absolute Gasteiger partial charge is 0.251 e.